The van der Waals surface area contributed by atoms with Gasteiger partial charge in [-0.3, -0.25) is 14.8 Å². The van der Waals surface area contributed by atoms with Crippen LogP contribution < -0.4 is 5.32 Å². The van der Waals surface area contributed by atoms with Crippen LogP contribution in [0.2, 0.25) is 0 Å². The third-order valence-electron chi connectivity index (χ3n) is 3.46. The smallest absolute Gasteiger partial charge is 0.223 e. The molecular weight excluding hydrogens is 276 g/mol. The molecule has 5 nitrogen and oxygen atoms in total. The first-order chi connectivity index (χ1) is 10.8. The van der Waals surface area contributed by atoms with E-state index in [2.05, 4.69) is 15.3 Å². The predicted octanol–water partition coefficient (Wildman–Crippen LogP) is 1.66. The summed E-state index contributed by atoms with van der Waals surface area (Å²) in [6.45, 7) is 2.08. The molecule has 0 aliphatic rings. The number of pyridine rings is 2. The highest BCUT2D eigenvalue weighted by Gasteiger charge is 2.08. The van der Waals surface area contributed by atoms with Crippen LogP contribution in [0.25, 0.3) is 0 Å². The van der Waals surface area contributed by atoms with E-state index < -0.39 is 0 Å². The minimum atomic E-state index is 0.155. The fourth-order valence-electron chi connectivity index (χ4n) is 2.08. The van der Waals surface area contributed by atoms with Gasteiger partial charge >= 0.3 is 0 Å². The van der Waals surface area contributed by atoms with Crippen LogP contribution in [0.15, 0.2) is 48.9 Å². The number of carbonyl (C=O) groups excluding carboxylic acids is 1. The van der Waals surface area contributed by atoms with Gasteiger partial charge in [0.1, 0.15) is 0 Å². The molecule has 0 aliphatic carbocycles. The van der Waals surface area contributed by atoms with Gasteiger partial charge in [-0.1, -0.05) is 6.07 Å². The predicted molar refractivity (Wildman–Crippen MR) is 86.1 cm³/mol. The average Bonchev–Trinajstić information content (AvgIpc) is 2.58. The minimum absolute atomic E-state index is 0.155. The van der Waals surface area contributed by atoms with Gasteiger partial charge in [0.25, 0.3) is 0 Å². The van der Waals surface area contributed by atoms with Crippen LogP contribution in [0.4, 0.5) is 0 Å². The average molecular weight is 298 g/mol. The lowest BCUT2D eigenvalue weighted by atomic mass is 10.2. The molecule has 0 atom stereocenters. The highest BCUT2D eigenvalue weighted by atomic mass is 16.2. The maximum Gasteiger partial charge on any atom is 0.223 e. The van der Waals surface area contributed by atoms with Crippen molar-refractivity contribution in [3.63, 3.8) is 0 Å². The summed E-state index contributed by atoms with van der Waals surface area (Å²) in [6, 6.07) is 9.78. The number of amides is 1. The number of hydrogen-bond acceptors (Lipinski definition) is 4. The zero-order chi connectivity index (χ0) is 15.6. The Balaban J connectivity index is 1.62. The molecule has 2 rings (SSSR count). The largest absolute Gasteiger partial charge is 0.345 e. The van der Waals surface area contributed by atoms with Gasteiger partial charge in [-0.25, -0.2) is 0 Å². The van der Waals surface area contributed by atoms with Gasteiger partial charge in [-0.15, -0.1) is 0 Å². The zero-order valence-corrected chi connectivity index (χ0v) is 12.9. The fraction of sp³-hybridized carbons (Fsp3) is 0.353. The molecule has 22 heavy (non-hydrogen) atoms. The van der Waals surface area contributed by atoms with Crippen LogP contribution in [0.5, 0.6) is 0 Å². The quantitative estimate of drug-likeness (QED) is 0.753. The van der Waals surface area contributed by atoms with Gasteiger partial charge in [0.2, 0.25) is 5.91 Å². The lowest BCUT2D eigenvalue weighted by Gasteiger charge is -2.17. The van der Waals surface area contributed by atoms with E-state index in [0.29, 0.717) is 19.5 Å². The number of hydrogen-bond donors (Lipinski definition) is 1. The van der Waals surface area contributed by atoms with Gasteiger partial charge in [0, 0.05) is 51.7 Å². The monoisotopic (exact) mass is 298 g/mol. The van der Waals surface area contributed by atoms with Gasteiger partial charge in [0.05, 0.1) is 5.69 Å². The number of likely N-dealkylation sites (N-methyl/N-ethyl adjacent to an activating group) is 1. The molecule has 0 radical (unpaired) electrons. The summed E-state index contributed by atoms with van der Waals surface area (Å²) < 4.78 is 0. The topological polar surface area (TPSA) is 58.1 Å². The third kappa shape index (κ3) is 5.61. The molecule has 5 heteroatoms. The normalized spacial score (nSPS) is 10.4. The van der Waals surface area contributed by atoms with Crippen LogP contribution >= 0.6 is 0 Å². The Kier molecular flexibility index (Phi) is 6.51. The van der Waals surface area contributed by atoms with Crippen molar-refractivity contribution in [3.05, 3.63) is 60.2 Å². The summed E-state index contributed by atoms with van der Waals surface area (Å²) >= 11 is 0. The van der Waals surface area contributed by atoms with E-state index >= 15 is 0 Å². The van der Waals surface area contributed by atoms with Crippen molar-refractivity contribution in [2.75, 3.05) is 20.1 Å². The molecule has 0 saturated heterocycles. The summed E-state index contributed by atoms with van der Waals surface area (Å²) in [6.07, 6.45) is 6.68. The summed E-state index contributed by atoms with van der Waals surface area (Å²) in [5, 5.41) is 3.24. The first kappa shape index (κ1) is 16.1. The highest BCUT2D eigenvalue weighted by molar-refractivity contribution is 5.76. The molecule has 2 aromatic heterocycles. The summed E-state index contributed by atoms with van der Waals surface area (Å²) in [7, 11) is 1.85. The van der Waals surface area contributed by atoms with Gasteiger partial charge in [-0.05, 0) is 36.2 Å². The van der Waals surface area contributed by atoms with Crippen molar-refractivity contribution in [1.82, 2.24) is 20.2 Å². The van der Waals surface area contributed by atoms with Crippen molar-refractivity contribution in [2.45, 2.75) is 19.4 Å². The Hall–Kier alpha value is -2.27. The number of aromatic nitrogens is 2. The van der Waals surface area contributed by atoms with E-state index in [9.17, 15) is 4.79 Å². The molecule has 1 amide bonds. The van der Waals surface area contributed by atoms with Gasteiger partial charge in [-0.2, -0.15) is 0 Å². The summed E-state index contributed by atoms with van der Waals surface area (Å²) in [5.41, 5.74) is 2.18. The standard InChI is InChI=1S/C17H22N4O/c1-21(13-8-15-5-10-18-11-6-15)17(22)7-12-19-14-16-4-2-3-9-20-16/h2-6,9-11,19H,7-8,12-14H2,1H3. The molecule has 0 unspecified atom stereocenters. The molecule has 2 heterocycles. The Morgan fingerprint density at radius 2 is 2.00 bits per heavy atom. The van der Waals surface area contributed by atoms with E-state index in [-0.39, 0.29) is 5.91 Å². The second-order valence-electron chi connectivity index (χ2n) is 5.17. The van der Waals surface area contributed by atoms with Crippen molar-refractivity contribution >= 4 is 5.91 Å². The highest BCUT2D eigenvalue weighted by Crippen LogP contribution is 2.00. The van der Waals surface area contributed by atoms with Crippen LogP contribution in [0, 0.1) is 0 Å². The van der Waals surface area contributed by atoms with Crippen LogP contribution in [-0.4, -0.2) is 40.9 Å². The minimum Gasteiger partial charge on any atom is -0.345 e. The Morgan fingerprint density at radius 3 is 2.73 bits per heavy atom. The molecule has 116 valence electrons. The summed E-state index contributed by atoms with van der Waals surface area (Å²) in [4.78, 5) is 22.0. The van der Waals surface area contributed by atoms with E-state index in [1.165, 1.54) is 5.56 Å². The maximum atomic E-state index is 12.0. The lowest BCUT2D eigenvalue weighted by molar-refractivity contribution is -0.129. The van der Waals surface area contributed by atoms with E-state index in [4.69, 9.17) is 0 Å². The lowest BCUT2D eigenvalue weighted by Crippen LogP contribution is -2.31. The third-order valence-corrected chi connectivity index (χ3v) is 3.46. The van der Waals surface area contributed by atoms with Crippen LogP contribution in [-0.2, 0) is 17.8 Å². The van der Waals surface area contributed by atoms with Gasteiger partial charge in [0.15, 0.2) is 0 Å². The van der Waals surface area contributed by atoms with Crippen molar-refractivity contribution < 1.29 is 4.79 Å². The Labute approximate surface area is 131 Å². The molecule has 0 spiro atoms. The Bertz CT molecular complexity index is 559. The van der Waals surface area contributed by atoms with Crippen molar-refractivity contribution in [3.8, 4) is 0 Å². The van der Waals surface area contributed by atoms with Crippen molar-refractivity contribution in [2.24, 2.45) is 0 Å². The number of rotatable bonds is 8. The number of nitrogens with one attached hydrogen (secondary N) is 1. The number of nitrogens with zero attached hydrogens (tertiary/aromatic N) is 3. The first-order valence-corrected chi connectivity index (χ1v) is 7.49. The second-order valence-corrected chi connectivity index (χ2v) is 5.17. The van der Waals surface area contributed by atoms with E-state index in [1.54, 1.807) is 23.5 Å². The number of carbonyl (C=O) groups is 1. The molecule has 0 aromatic carbocycles. The SMILES string of the molecule is CN(CCc1ccncc1)C(=O)CCNCc1ccccn1. The van der Waals surface area contributed by atoms with Crippen LogP contribution in [0.3, 0.4) is 0 Å². The zero-order valence-electron chi connectivity index (χ0n) is 12.9. The Morgan fingerprint density at radius 1 is 1.18 bits per heavy atom. The first-order valence-electron chi connectivity index (χ1n) is 7.49. The molecular formula is C17H22N4O. The summed E-state index contributed by atoms with van der Waals surface area (Å²) in [5.74, 6) is 0.155. The molecule has 0 fully saturated rings. The second kappa shape index (κ2) is 8.89. The van der Waals surface area contributed by atoms with Crippen LogP contribution in [0.1, 0.15) is 17.7 Å². The van der Waals surface area contributed by atoms with E-state index in [1.807, 2.05) is 37.4 Å². The molecule has 0 bridgehead atoms. The maximum absolute atomic E-state index is 12.0. The van der Waals surface area contributed by atoms with Gasteiger partial charge < -0.3 is 10.2 Å². The molecule has 1 N–H and O–H groups in total. The fourth-order valence-corrected chi connectivity index (χ4v) is 2.08. The molecule has 2 aromatic rings. The molecule has 0 aliphatic heterocycles. The van der Waals surface area contributed by atoms with E-state index in [0.717, 1.165) is 18.7 Å². The molecule has 0 saturated carbocycles. The van der Waals surface area contributed by atoms with Crippen molar-refractivity contribution in [1.29, 1.82) is 0 Å².